The van der Waals surface area contributed by atoms with Crippen molar-refractivity contribution in [2.75, 3.05) is 4.90 Å². The van der Waals surface area contributed by atoms with Crippen molar-refractivity contribution in [3.63, 3.8) is 0 Å². The van der Waals surface area contributed by atoms with E-state index >= 15 is 0 Å². The molecule has 0 spiro atoms. The highest BCUT2D eigenvalue weighted by atomic mass is 15.1. The third-order valence-corrected chi connectivity index (χ3v) is 12.5. The standard InChI is InChI=1S/C64H45N/c1-5-17-46(18-6-1)47-29-31-52(32-30-47)59-26-15-16-28-63(59)65(57-41-35-53(36-42-57)61-44-37-51-23-13-14-27-60(51)64(61)54-24-11-4-12-25-54)56-39-33-48(34-40-56)55-38-43-58(49-19-7-2-8-20-49)62(45-55)50-21-9-3-10-22-50/h1-45H. The zero-order valence-corrected chi connectivity index (χ0v) is 35.9. The molecular formula is C64H45N. The number of hydrogen-bond acceptors (Lipinski definition) is 1. The molecule has 0 N–H and O–H groups in total. The van der Waals surface area contributed by atoms with Gasteiger partial charge in [-0.25, -0.2) is 0 Å². The zero-order valence-electron chi connectivity index (χ0n) is 35.9. The molecular weight excluding hydrogens is 783 g/mol. The lowest BCUT2D eigenvalue weighted by Crippen LogP contribution is -2.11. The van der Waals surface area contributed by atoms with Gasteiger partial charge in [-0.05, 0) is 119 Å². The predicted octanol–water partition coefficient (Wildman–Crippen LogP) is 18.0. The molecule has 0 aliphatic rings. The summed E-state index contributed by atoms with van der Waals surface area (Å²) in [6.07, 6.45) is 0. The minimum absolute atomic E-state index is 1.08. The third-order valence-electron chi connectivity index (χ3n) is 12.5. The summed E-state index contributed by atoms with van der Waals surface area (Å²) in [4.78, 5) is 2.40. The van der Waals surface area contributed by atoms with Crippen LogP contribution in [-0.2, 0) is 0 Å². The Labute approximate surface area is 381 Å². The van der Waals surface area contributed by atoms with Crippen LogP contribution in [0.4, 0.5) is 17.1 Å². The van der Waals surface area contributed by atoms with Crippen LogP contribution in [0.3, 0.4) is 0 Å². The first-order valence-corrected chi connectivity index (χ1v) is 22.3. The number of nitrogens with zero attached hydrogens (tertiary/aromatic N) is 1. The number of rotatable bonds is 10. The minimum atomic E-state index is 1.08. The Morgan fingerprint density at radius 3 is 1.26 bits per heavy atom. The molecule has 0 saturated carbocycles. The Bertz CT molecular complexity index is 3360. The maximum Gasteiger partial charge on any atom is 0.0540 e. The van der Waals surface area contributed by atoms with E-state index < -0.39 is 0 Å². The summed E-state index contributed by atoms with van der Waals surface area (Å²) in [6, 6.07) is 98.8. The second-order valence-electron chi connectivity index (χ2n) is 16.5. The lowest BCUT2D eigenvalue weighted by atomic mass is 9.89. The van der Waals surface area contributed by atoms with Crippen LogP contribution in [0.2, 0.25) is 0 Å². The second kappa shape index (κ2) is 17.7. The average Bonchev–Trinajstić information content (AvgIpc) is 3.40. The molecule has 0 heterocycles. The maximum atomic E-state index is 2.40. The topological polar surface area (TPSA) is 3.24 Å². The van der Waals surface area contributed by atoms with Crippen molar-refractivity contribution in [1.82, 2.24) is 0 Å². The van der Waals surface area contributed by atoms with Crippen LogP contribution in [0.25, 0.3) is 88.7 Å². The van der Waals surface area contributed by atoms with Gasteiger partial charge in [-0.2, -0.15) is 0 Å². The molecule has 0 fully saturated rings. The molecule has 306 valence electrons. The van der Waals surface area contributed by atoms with Gasteiger partial charge in [-0.1, -0.05) is 237 Å². The van der Waals surface area contributed by atoms with Crippen LogP contribution in [0.15, 0.2) is 273 Å². The first-order chi connectivity index (χ1) is 32.2. The lowest BCUT2D eigenvalue weighted by Gasteiger charge is -2.28. The van der Waals surface area contributed by atoms with Gasteiger partial charge in [0.1, 0.15) is 0 Å². The summed E-state index contributed by atoms with van der Waals surface area (Å²) in [6.45, 7) is 0. The normalized spacial score (nSPS) is 11.1. The van der Waals surface area contributed by atoms with Gasteiger partial charge in [0.2, 0.25) is 0 Å². The number of benzene rings is 11. The molecule has 1 nitrogen and oxygen atoms in total. The van der Waals surface area contributed by atoms with E-state index in [1.165, 1.54) is 72.0 Å². The molecule has 1 heteroatoms. The Balaban J connectivity index is 1.02. The summed E-state index contributed by atoms with van der Waals surface area (Å²) in [5.74, 6) is 0. The summed E-state index contributed by atoms with van der Waals surface area (Å²) >= 11 is 0. The van der Waals surface area contributed by atoms with E-state index in [2.05, 4.69) is 278 Å². The van der Waals surface area contributed by atoms with E-state index in [0.717, 1.165) is 33.8 Å². The first-order valence-electron chi connectivity index (χ1n) is 22.3. The van der Waals surface area contributed by atoms with Gasteiger partial charge in [0.25, 0.3) is 0 Å². The van der Waals surface area contributed by atoms with Crippen LogP contribution in [-0.4, -0.2) is 0 Å². The fourth-order valence-electron chi connectivity index (χ4n) is 9.28. The van der Waals surface area contributed by atoms with Crippen molar-refractivity contribution in [3.05, 3.63) is 273 Å². The van der Waals surface area contributed by atoms with E-state index in [-0.39, 0.29) is 0 Å². The fraction of sp³-hybridized carbons (Fsp3) is 0. The van der Waals surface area contributed by atoms with Gasteiger partial charge >= 0.3 is 0 Å². The highest BCUT2D eigenvalue weighted by Gasteiger charge is 2.19. The molecule has 0 aromatic heterocycles. The van der Waals surface area contributed by atoms with Crippen LogP contribution in [0.1, 0.15) is 0 Å². The van der Waals surface area contributed by atoms with Crippen LogP contribution >= 0.6 is 0 Å². The van der Waals surface area contributed by atoms with Crippen molar-refractivity contribution in [2.24, 2.45) is 0 Å². The van der Waals surface area contributed by atoms with Crippen LogP contribution in [0.5, 0.6) is 0 Å². The molecule has 0 radical (unpaired) electrons. The molecule has 0 saturated heterocycles. The summed E-state index contributed by atoms with van der Waals surface area (Å²) in [5.41, 5.74) is 20.0. The van der Waals surface area contributed by atoms with E-state index in [1.54, 1.807) is 0 Å². The number of hydrogen-bond donors (Lipinski definition) is 0. The first kappa shape index (κ1) is 39.3. The van der Waals surface area contributed by atoms with Gasteiger partial charge in [0, 0.05) is 16.9 Å². The molecule has 0 bridgehead atoms. The smallest absolute Gasteiger partial charge is 0.0540 e. The van der Waals surface area contributed by atoms with Gasteiger partial charge in [0.15, 0.2) is 0 Å². The van der Waals surface area contributed by atoms with Crippen LogP contribution < -0.4 is 4.90 Å². The highest BCUT2D eigenvalue weighted by molar-refractivity contribution is 6.04. The quantitative estimate of drug-likeness (QED) is 0.133. The lowest BCUT2D eigenvalue weighted by molar-refractivity contribution is 1.28. The average molecular weight is 828 g/mol. The fourth-order valence-corrected chi connectivity index (χ4v) is 9.28. The summed E-state index contributed by atoms with van der Waals surface area (Å²) < 4.78 is 0. The van der Waals surface area contributed by atoms with Crippen molar-refractivity contribution >= 4 is 27.8 Å². The highest BCUT2D eigenvalue weighted by Crippen LogP contribution is 2.44. The van der Waals surface area contributed by atoms with Crippen LogP contribution in [0, 0.1) is 0 Å². The molecule has 11 aromatic carbocycles. The number of para-hydroxylation sites is 1. The Kier molecular flexibility index (Phi) is 10.7. The molecule has 0 aliphatic heterocycles. The second-order valence-corrected chi connectivity index (χ2v) is 16.5. The Morgan fingerprint density at radius 2 is 0.615 bits per heavy atom. The van der Waals surface area contributed by atoms with E-state index in [4.69, 9.17) is 0 Å². The summed E-state index contributed by atoms with van der Waals surface area (Å²) in [7, 11) is 0. The molecule has 11 aromatic rings. The van der Waals surface area contributed by atoms with Crippen molar-refractivity contribution < 1.29 is 0 Å². The van der Waals surface area contributed by atoms with Crippen molar-refractivity contribution in [2.45, 2.75) is 0 Å². The molecule has 0 amide bonds. The van der Waals surface area contributed by atoms with Gasteiger partial charge < -0.3 is 4.90 Å². The van der Waals surface area contributed by atoms with Crippen molar-refractivity contribution in [3.8, 4) is 77.9 Å². The minimum Gasteiger partial charge on any atom is -0.310 e. The SMILES string of the molecule is c1ccc(-c2ccc(-c3ccccc3N(c3ccc(-c4ccc(-c5ccccc5)c(-c5ccccc5)c4)cc3)c3ccc(-c4ccc5ccccc5c4-c4ccccc4)cc3)cc2)cc1. The molecule has 0 unspecified atom stereocenters. The molecule has 65 heavy (non-hydrogen) atoms. The van der Waals surface area contributed by atoms with Gasteiger partial charge in [-0.15, -0.1) is 0 Å². The van der Waals surface area contributed by atoms with E-state index in [0.29, 0.717) is 0 Å². The van der Waals surface area contributed by atoms with Gasteiger partial charge in [-0.3, -0.25) is 0 Å². The number of fused-ring (bicyclic) bond motifs is 1. The molecule has 0 aliphatic carbocycles. The monoisotopic (exact) mass is 827 g/mol. The largest absolute Gasteiger partial charge is 0.310 e. The summed E-state index contributed by atoms with van der Waals surface area (Å²) in [5, 5.41) is 2.48. The van der Waals surface area contributed by atoms with E-state index in [1.807, 2.05) is 0 Å². The van der Waals surface area contributed by atoms with Gasteiger partial charge in [0.05, 0.1) is 5.69 Å². The number of anilines is 3. The Hall–Kier alpha value is -8.52. The molecule has 11 rings (SSSR count). The van der Waals surface area contributed by atoms with Crippen molar-refractivity contribution in [1.29, 1.82) is 0 Å². The zero-order chi connectivity index (χ0) is 43.4. The molecule has 0 atom stereocenters. The Morgan fingerprint density at radius 1 is 0.215 bits per heavy atom. The maximum absolute atomic E-state index is 2.40. The predicted molar refractivity (Wildman–Crippen MR) is 277 cm³/mol. The third kappa shape index (κ3) is 7.93. The van der Waals surface area contributed by atoms with E-state index in [9.17, 15) is 0 Å².